The molecule has 0 aliphatic heterocycles. The Morgan fingerprint density at radius 1 is 1.41 bits per heavy atom. The van der Waals surface area contributed by atoms with E-state index in [-0.39, 0.29) is 17.5 Å². The monoisotopic (exact) mass is 246 g/mol. The van der Waals surface area contributed by atoms with Gasteiger partial charge in [-0.3, -0.25) is 4.98 Å². The second kappa shape index (κ2) is 5.49. The Balaban J connectivity index is 3.20. The molecule has 0 bridgehead atoms. The summed E-state index contributed by atoms with van der Waals surface area (Å²) in [5.74, 6) is 0.116. The van der Waals surface area contributed by atoms with E-state index in [1.807, 2.05) is 13.8 Å². The Morgan fingerprint density at radius 2 is 2.06 bits per heavy atom. The van der Waals surface area contributed by atoms with Gasteiger partial charge in [0.05, 0.1) is 5.56 Å². The zero-order valence-electron chi connectivity index (χ0n) is 10.2. The topological polar surface area (TPSA) is 24.9 Å². The van der Waals surface area contributed by atoms with Gasteiger partial charge in [-0.05, 0) is 24.6 Å². The molecule has 2 atom stereocenters. The van der Waals surface area contributed by atoms with Crippen LogP contribution in [0, 0.1) is 5.92 Å². The first-order chi connectivity index (χ1) is 7.91. The van der Waals surface area contributed by atoms with Crippen LogP contribution >= 0.6 is 0 Å². The van der Waals surface area contributed by atoms with Gasteiger partial charge in [-0.1, -0.05) is 20.3 Å². The zero-order chi connectivity index (χ0) is 13.1. The number of aromatic nitrogens is 1. The molecule has 1 rings (SSSR count). The van der Waals surface area contributed by atoms with Crippen molar-refractivity contribution in [1.82, 2.24) is 10.3 Å². The summed E-state index contributed by atoms with van der Waals surface area (Å²) in [6, 6.07) is 0.701. The largest absolute Gasteiger partial charge is 0.416 e. The van der Waals surface area contributed by atoms with Crippen LogP contribution in [0.2, 0.25) is 0 Å². The third-order valence-corrected chi connectivity index (χ3v) is 3.02. The molecule has 1 N–H and O–H groups in total. The number of hydrogen-bond acceptors (Lipinski definition) is 2. The summed E-state index contributed by atoms with van der Waals surface area (Å²) in [6.45, 7) is 3.88. The van der Waals surface area contributed by atoms with Gasteiger partial charge < -0.3 is 5.32 Å². The predicted octanol–water partition coefficient (Wildman–Crippen LogP) is 3.41. The summed E-state index contributed by atoms with van der Waals surface area (Å²) in [5, 5.41) is 2.94. The van der Waals surface area contributed by atoms with Gasteiger partial charge in [0, 0.05) is 18.4 Å². The zero-order valence-corrected chi connectivity index (χ0v) is 10.2. The lowest BCUT2D eigenvalue weighted by Crippen LogP contribution is -2.26. The maximum Gasteiger partial charge on any atom is 0.416 e. The van der Waals surface area contributed by atoms with E-state index < -0.39 is 11.7 Å². The molecule has 96 valence electrons. The van der Waals surface area contributed by atoms with Gasteiger partial charge in [-0.15, -0.1) is 0 Å². The number of halogens is 3. The van der Waals surface area contributed by atoms with Crippen LogP contribution < -0.4 is 5.32 Å². The summed E-state index contributed by atoms with van der Waals surface area (Å²) in [4.78, 5) is 3.80. The average molecular weight is 246 g/mol. The molecule has 1 aromatic heterocycles. The van der Waals surface area contributed by atoms with Crippen molar-refractivity contribution >= 4 is 0 Å². The van der Waals surface area contributed by atoms with Gasteiger partial charge in [0.25, 0.3) is 0 Å². The predicted molar refractivity (Wildman–Crippen MR) is 60.5 cm³/mol. The maximum absolute atomic E-state index is 12.9. The highest BCUT2D eigenvalue weighted by atomic mass is 19.4. The molecular formula is C12H17F3N2. The molecule has 1 aromatic rings. The fourth-order valence-electron chi connectivity index (χ4n) is 1.89. The lowest BCUT2D eigenvalue weighted by Gasteiger charge is -2.25. The second-order valence-electron chi connectivity index (χ2n) is 4.11. The van der Waals surface area contributed by atoms with E-state index in [1.54, 1.807) is 7.05 Å². The fourth-order valence-corrected chi connectivity index (χ4v) is 1.89. The highest BCUT2D eigenvalue weighted by Crippen LogP contribution is 2.36. The van der Waals surface area contributed by atoms with Crippen molar-refractivity contribution in [2.75, 3.05) is 7.05 Å². The molecule has 0 spiro atoms. The van der Waals surface area contributed by atoms with Crippen molar-refractivity contribution in [1.29, 1.82) is 0 Å². The number of rotatable bonds is 4. The highest BCUT2D eigenvalue weighted by Gasteiger charge is 2.35. The first-order valence-corrected chi connectivity index (χ1v) is 5.60. The Morgan fingerprint density at radius 3 is 2.53 bits per heavy atom. The molecule has 1 heterocycles. The lowest BCUT2D eigenvalue weighted by molar-refractivity contribution is -0.138. The molecule has 0 radical (unpaired) electrons. The first-order valence-electron chi connectivity index (χ1n) is 5.60. The Kier molecular flexibility index (Phi) is 4.51. The number of pyridine rings is 1. The summed E-state index contributed by atoms with van der Waals surface area (Å²) in [6.07, 6.45) is -1.05. The summed E-state index contributed by atoms with van der Waals surface area (Å²) in [5.41, 5.74) is -0.385. The van der Waals surface area contributed by atoms with Crippen LogP contribution in [-0.2, 0) is 6.18 Å². The van der Waals surface area contributed by atoms with Gasteiger partial charge in [-0.2, -0.15) is 13.2 Å². The molecule has 2 nitrogen and oxygen atoms in total. The number of nitrogens with one attached hydrogen (secondary N) is 1. The summed E-state index contributed by atoms with van der Waals surface area (Å²) >= 11 is 0. The Bertz CT molecular complexity index is 363. The minimum atomic E-state index is -4.33. The number of hydrogen-bond donors (Lipinski definition) is 1. The van der Waals surface area contributed by atoms with Gasteiger partial charge in [-0.25, -0.2) is 0 Å². The first kappa shape index (κ1) is 14.0. The molecular weight excluding hydrogens is 229 g/mol. The van der Waals surface area contributed by atoms with Gasteiger partial charge in [0.1, 0.15) is 0 Å². The molecule has 0 saturated carbocycles. The van der Waals surface area contributed by atoms with Gasteiger partial charge >= 0.3 is 6.18 Å². The van der Waals surface area contributed by atoms with Crippen molar-refractivity contribution in [3.05, 3.63) is 29.6 Å². The number of alkyl halides is 3. The molecule has 17 heavy (non-hydrogen) atoms. The normalized spacial score (nSPS) is 15.6. The standard InChI is InChI=1S/C12H17F3N2/c1-4-8(2)11(16-3)9-7-17-6-5-10(9)12(13,14)15/h5-8,11,16H,4H2,1-3H3. The molecule has 0 amide bonds. The maximum atomic E-state index is 12.9. The third-order valence-electron chi connectivity index (χ3n) is 3.02. The van der Waals surface area contributed by atoms with Crippen molar-refractivity contribution in [3.8, 4) is 0 Å². The fraction of sp³-hybridized carbons (Fsp3) is 0.583. The van der Waals surface area contributed by atoms with E-state index in [0.717, 1.165) is 12.5 Å². The van der Waals surface area contributed by atoms with Crippen LogP contribution in [0.15, 0.2) is 18.5 Å². The van der Waals surface area contributed by atoms with E-state index in [4.69, 9.17) is 0 Å². The summed E-state index contributed by atoms with van der Waals surface area (Å²) < 4.78 is 38.6. The second-order valence-corrected chi connectivity index (χ2v) is 4.11. The molecule has 0 fully saturated rings. The molecule has 0 aliphatic carbocycles. The van der Waals surface area contributed by atoms with Crippen LogP contribution in [0.4, 0.5) is 13.2 Å². The molecule has 5 heteroatoms. The van der Waals surface area contributed by atoms with E-state index in [1.165, 1.54) is 12.4 Å². The van der Waals surface area contributed by atoms with Crippen LogP contribution in [0.5, 0.6) is 0 Å². The van der Waals surface area contributed by atoms with Crippen molar-refractivity contribution in [2.24, 2.45) is 5.92 Å². The van der Waals surface area contributed by atoms with Crippen LogP contribution in [-0.4, -0.2) is 12.0 Å². The molecule has 0 saturated heterocycles. The van der Waals surface area contributed by atoms with Crippen molar-refractivity contribution in [3.63, 3.8) is 0 Å². The molecule has 0 aliphatic rings. The average Bonchev–Trinajstić information content (AvgIpc) is 2.29. The van der Waals surface area contributed by atoms with Crippen molar-refractivity contribution in [2.45, 2.75) is 32.5 Å². The van der Waals surface area contributed by atoms with Gasteiger partial charge in [0.15, 0.2) is 0 Å². The Hall–Kier alpha value is -1.10. The van der Waals surface area contributed by atoms with Crippen LogP contribution in [0.25, 0.3) is 0 Å². The lowest BCUT2D eigenvalue weighted by atomic mass is 9.90. The van der Waals surface area contributed by atoms with E-state index >= 15 is 0 Å². The quantitative estimate of drug-likeness (QED) is 0.880. The summed E-state index contributed by atoms with van der Waals surface area (Å²) in [7, 11) is 1.67. The minimum absolute atomic E-state index is 0.116. The minimum Gasteiger partial charge on any atom is -0.313 e. The van der Waals surface area contributed by atoms with Crippen LogP contribution in [0.1, 0.15) is 37.4 Å². The van der Waals surface area contributed by atoms with Crippen molar-refractivity contribution < 1.29 is 13.2 Å². The van der Waals surface area contributed by atoms with E-state index in [9.17, 15) is 13.2 Å². The smallest absolute Gasteiger partial charge is 0.313 e. The highest BCUT2D eigenvalue weighted by molar-refractivity contribution is 5.29. The number of nitrogens with zero attached hydrogens (tertiary/aromatic N) is 1. The Labute approximate surface area is 99.3 Å². The molecule has 0 aromatic carbocycles. The SMILES string of the molecule is CCC(C)C(NC)c1cnccc1C(F)(F)F. The van der Waals surface area contributed by atoms with Crippen LogP contribution in [0.3, 0.4) is 0 Å². The third kappa shape index (κ3) is 3.19. The van der Waals surface area contributed by atoms with E-state index in [2.05, 4.69) is 10.3 Å². The van der Waals surface area contributed by atoms with E-state index in [0.29, 0.717) is 0 Å². The van der Waals surface area contributed by atoms with Gasteiger partial charge in [0.2, 0.25) is 0 Å². The molecule has 2 unspecified atom stereocenters.